The molecule has 0 aromatic heterocycles. The second-order valence-electron chi connectivity index (χ2n) is 6.03. The number of ether oxygens (including phenoxy) is 1. The Bertz CT molecular complexity index is 316. The number of nitrogens with zero attached hydrogens (tertiary/aromatic N) is 3. The SMILES string of the molecule is CN(C)CCN1CCN(C(=O)C2CCC(CN)O2)CC1. The summed E-state index contributed by atoms with van der Waals surface area (Å²) < 4.78 is 5.69. The number of amides is 1. The lowest BCUT2D eigenvalue weighted by atomic mass is 10.1. The molecule has 2 atom stereocenters. The standard InChI is InChI=1S/C14H28N4O2/c1-16(2)5-6-17-7-9-18(10-8-17)14(19)13-4-3-12(11-15)20-13/h12-13H,3-11,15H2,1-2H3. The van der Waals surface area contributed by atoms with Crippen molar-refractivity contribution in [2.75, 3.05) is 59.9 Å². The lowest BCUT2D eigenvalue weighted by molar-refractivity contribution is -0.144. The Hall–Kier alpha value is -0.690. The van der Waals surface area contributed by atoms with E-state index in [9.17, 15) is 4.79 Å². The fourth-order valence-corrected chi connectivity index (χ4v) is 2.80. The van der Waals surface area contributed by atoms with Gasteiger partial charge in [0.1, 0.15) is 6.10 Å². The molecule has 20 heavy (non-hydrogen) atoms. The highest BCUT2D eigenvalue weighted by Crippen LogP contribution is 2.21. The van der Waals surface area contributed by atoms with E-state index in [0.29, 0.717) is 6.54 Å². The maximum absolute atomic E-state index is 12.4. The average molecular weight is 284 g/mol. The Morgan fingerprint density at radius 1 is 1.25 bits per heavy atom. The van der Waals surface area contributed by atoms with Crippen LogP contribution in [0, 0.1) is 0 Å². The summed E-state index contributed by atoms with van der Waals surface area (Å²) in [7, 11) is 4.18. The van der Waals surface area contributed by atoms with Crippen molar-refractivity contribution in [1.82, 2.24) is 14.7 Å². The monoisotopic (exact) mass is 284 g/mol. The highest BCUT2D eigenvalue weighted by molar-refractivity contribution is 5.81. The van der Waals surface area contributed by atoms with Gasteiger partial charge in [0.25, 0.3) is 5.91 Å². The van der Waals surface area contributed by atoms with Crippen LogP contribution in [0.5, 0.6) is 0 Å². The first kappa shape index (κ1) is 15.7. The van der Waals surface area contributed by atoms with Crippen LogP contribution in [0.25, 0.3) is 0 Å². The third-order valence-corrected chi connectivity index (χ3v) is 4.19. The van der Waals surface area contributed by atoms with E-state index in [4.69, 9.17) is 10.5 Å². The molecule has 0 aromatic carbocycles. The molecule has 2 fully saturated rings. The number of rotatable bonds is 5. The second kappa shape index (κ2) is 7.36. The van der Waals surface area contributed by atoms with Gasteiger partial charge in [0.05, 0.1) is 6.10 Å². The number of carbonyl (C=O) groups excluding carboxylic acids is 1. The summed E-state index contributed by atoms with van der Waals surface area (Å²) in [5, 5.41) is 0. The Morgan fingerprint density at radius 2 is 1.95 bits per heavy atom. The van der Waals surface area contributed by atoms with E-state index in [2.05, 4.69) is 23.9 Å². The molecule has 6 nitrogen and oxygen atoms in total. The van der Waals surface area contributed by atoms with Crippen molar-refractivity contribution >= 4 is 5.91 Å². The summed E-state index contributed by atoms with van der Waals surface area (Å²) in [6.45, 7) is 6.22. The van der Waals surface area contributed by atoms with Gasteiger partial charge in [-0.2, -0.15) is 0 Å². The number of hydrogen-bond donors (Lipinski definition) is 1. The van der Waals surface area contributed by atoms with E-state index >= 15 is 0 Å². The van der Waals surface area contributed by atoms with Gasteiger partial charge in [0.15, 0.2) is 0 Å². The molecule has 0 spiro atoms. The quantitative estimate of drug-likeness (QED) is 0.716. The Balaban J connectivity index is 1.72. The third-order valence-electron chi connectivity index (χ3n) is 4.19. The first-order valence-corrected chi connectivity index (χ1v) is 7.61. The first-order valence-electron chi connectivity index (χ1n) is 7.61. The summed E-state index contributed by atoms with van der Waals surface area (Å²) in [6.07, 6.45) is 1.55. The zero-order valence-corrected chi connectivity index (χ0v) is 12.8. The molecule has 116 valence electrons. The number of piperazine rings is 1. The Kier molecular flexibility index (Phi) is 5.77. The van der Waals surface area contributed by atoms with Gasteiger partial charge in [-0.15, -0.1) is 0 Å². The molecule has 0 radical (unpaired) electrons. The normalized spacial score (nSPS) is 28.3. The van der Waals surface area contributed by atoms with E-state index in [1.165, 1.54) is 0 Å². The van der Waals surface area contributed by atoms with Crippen LogP contribution in [0.3, 0.4) is 0 Å². The smallest absolute Gasteiger partial charge is 0.251 e. The molecule has 2 N–H and O–H groups in total. The first-order chi connectivity index (χ1) is 9.60. The minimum Gasteiger partial charge on any atom is -0.364 e. The van der Waals surface area contributed by atoms with Crippen molar-refractivity contribution in [1.29, 1.82) is 0 Å². The minimum absolute atomic E-state index is 0.0744. The van der Waals surface area contributed by atoms with Crippen molar-refractivity contribution < 1.29 is 9.53 Å². The van der Waals surface area contributed by atoms with Crippen LogP contribution >= 0.6 is 0 Å². The van der Waals surface area contributed by atoms with Gasteiger partial charge < -0.3 is 20.3 Å². The highest BCUT2D eigenvalue weighted by atomic mass is 16.5. The summed E-state index contributed by atoms with van der Waals surface area (Å²) in [6, 6.07) is 0. The molecular weight excluding hydrogens is 256 g/mol. The van der Waals surface area contributed by atoms with E-state index in [1.807, 2.05) is 4.90 Å². The Morgan fingerprint density at radius 3 is 2.50 bits per heavy atom. The summed E-state index contributed by atoms with van der Waals surface area (Å²) in [4.78, 5) is 18.9. The maximum Gasteiger partial charge on any atom is 0.251 e. The van der Waals surface area contributed by atoms with Crippen molar-refractivity contribution in [3.8, 4) is 0 Å². The van der Waals surface area contributed by atoms with Crippen LogP contribution in [-0.4, -0.2) is 92.7 Å². The van der Waals surface area contributed by atoms with Crippen molar-refractivity contribution in [3.63, 3.8) is 0 Å². The molecular formula is C14H28N4O2. The molecule has 0 aliphatic carbocycles. The van der Waals surface area contributed by atoms with Crippen LogP contribution < -0.4 is 5.73 Å². The molecule has 1 amide bonds. The van der Waals surface area contributed by atoms with E-state index in [1.54, 1.807) is 0 Å². The van der Waals surface area contributed by atoms with Crippen LogP contribution in [-0.2, 0) is 9.53 Å². The fraction of sp³-hybridized carbons (Fsp3) is 0.929. The maximum atomic E-state index is 12.4. The predicted molar refractivity (Wildman–Crippen MR) is 78.5 cm³/mol. The number of hydrogen-bond acceptors (Lipinski definition) is 5. The molecule has 2 heterocycles. The molecule has 2 aliphatic heterocycles. The van der Waals surface area contributed by atoms with Gasteiger partial charge >= 0.3 is 0 Å². The van der Waals surface area contributed by atoms with Crippen LogP contribution in [0.4, 0.5) is 0 Å². The van der Waals surface area contributed by atoms with Gasteiger partial charge in [-0.25, -0.2) is 0 Å². The van der Waals surface area contributed by atoms with Crippen molar-refractivity contribution in [2.45, 2.75) is 25.0 Å². The molecule has 2 saturated heterocycles. The van der Waals surface area contributed by atoms with E-state index in [0.717, 1.165) is 52.1 Å². The fourth-order valence-electron chi connectivity index (χ4n) is 2.80. The minimum atomic E-state index is -0.253. The molecule has 0 saturated carbocycles. The molecule has 0 aromatic rings. The Labute approximate surface area is 121 Å². The van der Waals surface area contributed by atoms with Crippen LogP contribution in [0.2, 0.25) is 0 Å². The largest absolute Gasteiger partial charge is 0.364 e. The summed E-state index contributed by atoms with van der Waals surface area (Å²) >= 11 is 0. The summed E-state index contributed by atoms with van der Waals surface area (Å²) in [5.74, 6) is 0.160. The van der Waals surface area contributed by atoms with Gasteiger partial charge in [-0.05, 0) is 26.9 Å². The van der Waals surface area contributed by atoms with Gasteiger partial charge in [-0.3, -0.25) is 9.69 Å². The number of nitrogens with two attached hydrogens (primary N) is 1. The van der Waals surface area contributed by atoms with Gasteiger partial charge in [-0.1, -0.05) is 0 Å². The number of likely N-dealkylation sites (N-methyl/N-ethyl adjacent to an activating group) is 1. The molecule has 2 unspecified atom stereocenters. The highest BCUT2D eigenvalue weighted by Gasteiger charge is 2.33. The molecule has 2 aliphatic rings. The number of carbonyl (C=O) groups is 1. The molecule has 2 rings (SSSR count). The van der Waals surface area contributed by atoms with Gasteiger partial charge in [0.2, 0.25) is 0 Å². The zero-order chi connectivity index (χ0) is 14.5. The third kappa shape index (κ3) is 4.15. The van der Waals surface area contributed by atoms with Crippen LogP contribution in [0.1, 0.15) is 12.8 Å². The lowest BCUT2D eigenvalue weighted by Crippen LogP contribution is -2.52. The van der Waals surface area contributed by atoms with Crippen LogP contribution in [0.15, 0.2) is 0 Å². The topological polar surface area (TPSA) is 62.0 Å². The molecule has 0 bridgehead atoms. The summed E-state index contributed by atoms with van der Waals surface area (Å²) in [5.41, 5.74) is 5.59. The molecule has 6 heteroatoms. The lowest BCUT2D eigenvalue weighted by Gasteiger charge is -2.36. The average Bonchev–Trinajstić information content (AvgIpc) is 2.94. The van der Waals surface area contributed by atoms with Gasteiger partial charge in [0, 0.05) is 45.8 Å². The zero-order valence-electron chi connectivity index (χ0n) is 12.8. The van der Waals surface area contributed by atoms with Crippen molar-refractivity contribution in [2.24, 2.45) is 5.73 Å². The van der Waals surface area contributed by atoms with E-state index < -0.39 is 0 Å². The van der Waals surface area contributed by atoms with E-state index in [-0.39, 0.29) is 18.1 Å². The van der Waals surface area contributed by atoms with Crippen molar-refractivity contribution in [3.05, 3.63) is 0 Å². The predicted octanol–water partition coefficient (Wildman–Crippen LogP) is -0.801. The second-order valence-corrected chi connectivity index (χ2v) is 6.03.